The molecule has 2 aromatic heterocycles. The molecule has 3 aromatic rings. The van der Waals surface area contributed by atoms with Crippen LogP contribution in [0.1, 0.15) is 55.6 Å². The van der Waals surface area contributed by atoms with Crippen LogP contribution in [-0.2, 0) is 10.0 Å². The smallest absolute Gasteiger partial charge is 0.268 e. The topological polar surface area (TPSA) is 83.8 Å². The molecule has 1 fully saturated rings. The van der Waals surface area contributed by atoms with E-state index in [4.69, 9.17) is 11.6 Å². The van der Waals surface area contributed by atoms with Crippen molar-refractivity contribution in [2.45, 2.75) is 44.4 Å². The monoisotopic (exact) mass is 478 g/mol. The number of nitrogens with zero attached hydrogens (tertiary/aromatic N) is 3. The lowest BCUT2D eigenvalue weighted by molar-refractivity contribution is 0.0982. The van der Waals surface area contributed by atoms with E-state index >= 15 is 0 Å². The highest BCUT2D eigenvalue weighted by Crippen LogP contribution is 2.39. The number of halogens is 2. The van der Waals surface area contributed by atoms with Gasteiger partial charge in [-0.25, -0.2) is 22.0 Å². The number of rotatable bonds is 4. The van der Waals surface area contributed by atoms with Crippen LogP contribution in [0.4, 0.5) is 10.1 Å². The zero-order valence-corrected chi connectivity index (χ0v) is 19.5. The average Bonchev–Trinajstić information content (AvgIpc) is 3.35. The molecule has 0 radical (unpaired) electrons. The van der Waals surface area contributed by atoms with Gasteiger partial charge in [0.2, 0.25) is 10.0 Å². The van der Waals surface area contributed by atoms with Crippen molar-refractivity contribution in [1.82, 2.24) is 14.3 Å². The number of benzene rings is 1. The number of hydrogen-bond acceptors (Lipinski definition) is 5. The van der Waals surface area contributed by atoms with E-state index in [1.165, 1.54) is 43.6 Å². The number of hydrogen-bond donors (Lipinski definition) is 1. The van der Waals surface area contributed by atoms with Crippen LogP contribution >= 0.6 is 11.6 Å². The number of sulfonamides is 1. The van der Waals surface area contributed by atoms with Crippen LogP contribution in [0, 0.1) is 5.82 Å². The highest BCUT2D eigenvalue weighted by atomic mass is 35.5. The average molecular weight is 479 g/mol. The zero-order valence-electron chi connectivity index (χ0n) is 18.0. The Balaban J connectivity index is 1.70. The van der Waals surface area contributed by atoms with E-state index in [1.54, 1.807) is 18.3 Å². The van der Waals surface area contributed by atoms with Crippen molar-refractivity contribution >= 4 is 38.7 Å². The van der Waals surface area contributed by atoms with Crippen LogP contribution in [0.5, 0.6) is 0 Å². The third-order valence-corrected chi connectivity index (χ3v) is 8.10. The van der Waals surface area contributed by atoms with Gasteiger partial charge in [-0.05, 0) is 69.5 Å². The maximum Gasteiger partial charge on any atom is 0.268 e. The summed E-state index contributed by atoms with van der Waals surface area (Å²) in [4.78, 5) is 14.9. The zero-order chi connectivity index (χ0) is 23.3. The van der Waals surface area contributed by atoms with Crippen LogP contribution in [0.25, 0.3) is 5.52 Å². The summed E-state index contributed by atoms with van der Waals surface area (Å²) in [6, 6.07) is 7.89. The fourth-order valence-electron chi connectivity index (χ4n) is 3.82. The maximum absolute atomic E-state index is 13.9. The van der Waals surface area contributed by atoms with Gasteiger partial charge in [-0.15, -0.1) is 0 Å². The molecule has 3 heterocycles. The summed E-state index contributed by atoms with van der Waals surface area (Å²) >= 11 is 6.35. The molecule has 7 nitrogen and oxygen atoms in total. The van der Waals surface area contributed by atoms with Crippen LogP contribution < -0.4 is 9.62 Å². The third-order valence-electron chi connectivity index (χ3n) is 5.68. The lowest BCUT2D eigenvalue weighted by Crippen LogP contribution is -2.42. The summed E-state index contributed by atoms with van der Waals surface area (Å²) in [5, 5.41) is 4.68. The molecule has 1 atom stereocenters. The van der Waals surface area contributed by atoms with Crippen molar-refractivity contribution in [2.75, 3.05) is 11.4 Å². The fraction of sp³-hybridized carbons (Fsp3) is 0.364. The van der Waals surface area contributed by atoms with Gasteiger partial charge >= 0.3 is 0 Å². The second kappa shape index (κ2) is 8.04. The number of nitrogens with one attached hydrogen (secondary N) is 1. The minimum absolute atomic E-state index is 0.109. The van der Waals surface area contributed by atoms with Crippen molar-refractivity contribution in [3.63, 3.8) is 0 Å². The Morgan fingerprint density at radius 1 is 1.25 bits per heavy atom. The van der Waals surface area contributed by atoms with Gasteiger partial charge in [0.1, 0.15) is 5.82 Å². The molecular formula is C22H24ClFN4O3S. The number of fused-ring (bicyclic) bond motifs is 1. The molecule has 0 spiro atoms. The minimum Gasteiger partial charge on any atom is -0.364 e. The summed E-state index contributed by atoms with van der Waals surface area (Å²) in [5.41, 5.74) is 2.15. The third kappa shape index (κ3) is 4.06. The first-order chi connectivity index (χ1) is 15.0. The molecule has 1 saturated heterocycles. The van der Waals surface area contributed by atoms with Gasteiger partial charge in [0.15, 0.2) is 0 Å². The minimum atomic E-state index is -3.87. The van der Waals surface area contributed by atoms with Crippen LogP contribution in [0.15, 0.2) is 42.7 Å². The lowest BCUT2D eigenvalue weighted by Gasteiger charge is -2.28. The molecule has 0 bridgehead atoms. The molecule has 1 aliphatic heterocycles. The Morgan fingerprint density at radius 3 is 2.72 bits per heavy atom. The fourth-order valence-corrected chi connectivity index (χ4v) is 4.73. The van der Waals surface area contributed by atoms with Crippen molar-refractivity contribution in [1.29, 1.82) is 0 Å². The summed E-state index contributed by atoms with van der Waals surface area (Å²) in [5.74, 6) is -1.08. The SMILES string of the molecule is CC(C)(C)S(=O)(=O)NC(=O)c1cnn2ccc(N3CCC[C@@H]3c3cc(F)ccc3Cl)cc12. The van der Waals surface area contributed by atoms with E-state index < -0.39 is 20.7 Å². The van der Waals surface area contributed by atoms with Crippen LogP contribution in [0.2, 0.25) is 5.02 Å². The first-order valence-electron chi connectivity index (χ1n) is 10.2. The quantitative estimate of drug-likeness (QED) is 0.603. The largest absolute Gasteiger partial charge is 0.364 e. The Morgan fingerprint density at radius 2 is 2.00 bits per heavy atom. The predicted octanol–water partition coefficient (Wildman–Crippen LogP) is 4.33. The molecule has 1 amide bonds. The highest BCUT2D eigenvalue weighted by Gasteiger charge is 2.32. The lowest BCUT2D eigenvalue weighted by atomic mass is 10.0. The van der Waals surface area contributed by atoms with E-state index in [1.807, 2.05) is 6.07 Å². The first kappa shape index (κ1) is 22.5. The molecular weight excluding hydrogens is 455 g/mol. The Hall–Kier alpha value is -2.65. The van der Waals surface area contributed by atoms with Gasteiger partial charge in [0, 0.05) is 23.5 Å². The normalized spacial score (nSPS) is 17.2. The Labute approximate surface area is 191 Å². The summed E-state index contributed by atoms with van der Waals surface area (Å²) < 4.78 is 41.2. The Kier molecular flexibility index (Phi) is 5.67. The molecule has 32 heavy (non-hydrogen) atoms. The van der Waals surface area contributed by atoms with Gasteiger partial charge in [-0.3, -0.25) is 4.79 Å². The number of anilines is 1. The molecule has 1 N–H and O–H groups in total. The number of amides is 1. The van der Waals surface area contributed by atoms with E-state index in [0.717, 1.165) is 25.1 Å². The predicted molar refractivity (Wildman–Crippen MR) is 122 cm³/mol. The highest BCUT2D eigenvalue weighted by molar-refractivity contribution is 7.91. The standard InChI is InChI=1S/C22H24ClFN4O3S/c1-22(2,3)32(30,31)26-21(29)17-13-25-28-10-8-15(12-20(17)28)27-9-4-5-19(27)16-11-14(24)6-7-18(16)23/h6-8,10-13,19H,4-5,9H2,1-3H3,(H,26,29)/t19-/m1/s1. The first-order valence-corrected chi connectivity index (χ1v) is 12.1. The van der Waals surface area contributed by atoms with Crippen molar-refractivity contribution in [3.05, 3.63) is 64.7 Å². The molecule has 10 heteroatoms. The Bertz CT molecular complexity index is 1300. The van der Waals surface area contributed by atoms with Crippen molar-refractivity contribution in [3.8, 4) is 0 Å². The summed E-state index contributed by atoms with van der Waals surface area (Å²) in [6.45, 7) is 5.29. The number of aromatic nitrogens is 2. The van der Waals surface area contributed by atoms with Crippen molar-refractivity contribution < 1.29 is 17.6 Å². The van der Waals surface area contributed by atoms with E-state index in [9.17, 15) is 17.6 Å². The van der Waals surface area contributed by atoms with Gasteiger partial charge in [-0.1, -0.05) is 11.6 Å². The molecule has 170 valence electrons. The number of pyridine rings is 1. The second-order valence-electron chi connectivity index (χ2n) is 8.84. The van der Waals surface area contributed by atoms with Gasteiger partial charge < -0.3 is 4.90 Å². The van der Waals surface area contributed by atoms with Gasteiger partial charge in [0.25, 0.3) is 5.91 Å². The maximum atomic E-state index is 13.9. The molecule has 0 unspecified atom stereocenters. The van der Waals surface area contributed by atoms with E-state index in [0.29, 0.717) is 16.1 Å². The molecule has 0 aliphatic carbocycles. The molecule has 1 aliphatic rings. The van der Waals surface area contributed by atoms with E-state index in [-0.39, 0.29) is 17.4 Å². The van der Waals surface area contributed by atoms with Gasteiger partial charge in [-0.2, -0.15) is 5.10 Å². The number of carbonyl (C=O) groups excluding carboxylic acids is 1. The molecule has 0 saturated carbocycles. The molecule has 1 aromatic carbocycles. The van der Waals surface area contributed by atoms with Gasteiger partial charge in [0.05, 0.1) is 28.1 Å². The van der Waals surface area contributed by atoms with Crippen LogP contribution in [0.3, 0.4) is 0 Å². The van der Waals surface area contributed by atoms with Crippen molar-refractivity contribution in [2.24, 2.45) is 0 Å². The summed E-state index contributed by atoms with van der Waals surface area (Å²) in [6.07, 6.45) is 4.77. The number of carbonyl (C=O) groups is 1. The molecule has 4 rings (SSSR count). The van der Waals surface area contributed by atoms with Crippen LogP contribution in [-0.4, -0.2) is 35.2 Å². The van der Waals surface area contributed by atoms with E-state index in [2.05, 4.69) is 14.7 Å². The second-order valence-corrected chi connectivity index (χ2v) is 11.7. The summed E-state index contributed by atoms with van der Waals surface area (Å²) in [7, 11) is -3.87.